The van der Waals surface area contributed by atoms with E-state index in [-0.39, 0.29) is 17.6 Å². The van der Waals surface area contributed by atoms with Gasteiger partial charge in [-0.3, -0.25) is 9.69 Å². The molecule has 1 fully saturated rings. The third-order valence-corrected chi connectivity index (χ3v) is 4.38. The Balaban J connectivity index is 1.81. The van der Waals surface area contributed by atoms with Crippen molar-refractivity contribution in [3.63, 3.8) is 0 Å². The lowest BCUT2D eigenvalue weighted by Gasteiger charge is -2.26. The number of carbonyl (C=O) groups excluding carboxylic acids is 1. The molecule has 1 aliphatic heterocycles. The van der Waals surface area contributed by atoms with E-state index in [1.807, 2.05) is 0 Å². The van der Waals surface area contributed by atoms with Crippen molar-refractivity contribution in [2.24, 2.45) is 5.92 Å². The summed E-state index contributed by atoms with van der Waals surface area (Å²) < 4.78 is 18.4. The number of hydrogen-bond acceptors (Lipinski definition) is 3. The summed E-state index contributed by atoms with van der Waals surface area (Å²) in [5.74, 6) is 0.449. The first-order chi connectivity index (χ1) is 11.5. The van der Waals surface area contributed by atoms with E-state index in [0.29, 0.717) is 18.9 Å². The standard InChI is InChI=1S/C19H29FN2O2/c1-15(2)13-17(16-3-5-18(20)6-4-16)14-19(23)21-7-8-22-9-11-24-12-10-22/h3-6,15,17H,7-14H2,1-2H3,(H,21,23). The summed E-state index contributed by atoms with van der Waals surface area (Å²) in [6, 6.07) is 6.53. The average molecular weight is 336 g/mol. The van der Waals surface area contributed by atoms with E-state index < -0.39 is 0 Å². The zero-order valence-electron chi connectivity index (χ0n) is 14.8. The third-order valence-electron chi connectivity index (χ3n) is 4.38. The van der Waals surface area contributed by atoms with Gasteiger partial charge in [0.25, 0.3) is 0 Å². The summed E-state index contributed by atoms with van der Waals surface area (Å²) in [7, 11) is 0. The molecule has 24 heavy (non-hydrogen) atoms. The van der Waals surface area contributed by atoms with E-state index in [1.54, 1.807) is 12.1 Å². The van der Waals surface area contributed by atoms with Gasteiger partial charge in [0.1, 0.15) is 5.82 Å². The summed E-state index contributed by atoms with van der Waals surface area (Å²) in [5, 5.41) is 3.02. The molecule has 0 aromatic heterocycles. The first-order valence-electron chi connectivity index (χ1n) is 8.87. The Morgan fingerprint density at radius 1 is 1.25 bits per heavy atom. The number of carbonyl (C=O) groups is 1. The molecule has 1 saturated heterocycles. The minimum atomic E-state index is -0.239. The zero-order chi connectivity index (χ0) is 17.4. The van der Waals surface area contributed by atoms with Crippen LogP contribution in [0.25, 0.3) is 0 Å². The van der Waals surface area contributed by atoms with Crippen LogP contribution >= 0.6 is 0 Å². The van der Waals surface area contributed by atoms with Crippen LogP contribution in [0.1, 0.15) is 38.2 Å². The van der Waals surface area contributed by atoms with Gasteiger partial charge in [0.05, 0.1) is 13.2 Å². The van der Waals surface area contributed by atoms with E-state index in [9.17, 15) is 9.18 Å². The molecule has 134 valence electrons. The second kappa shape index (κ2) is 9.74. The largest absolute Gasteiger partial charge is 0.379 e. The van der Waals surface area contributed by atoms with Gasteiger partial charge >= 0.3 is 0 Å². The number of rotatable bonds is 8. The fourth-order valence-corrected chi connectivity index (χ4v) is 3.12. The van der Waals surface area contributed by atoms with Gasteiger partial charge in [-0.05, 0) is 36.0 Å². The molecule has 1 amide bonds. The van der Waals surface area contributed by atoms with Crippen molar-refractivity contribution in [1.29, 1.82) is 0 Å². The molecule has 1 unspecified atom stereocenters. The van der Waals surface area contributed by atoms with Crippen LogP contribution in [-0.2, 0) is 9.53 Å². The Kier molecular flexibility index (Phi) is 7.66. The summed E-state index contributed by atoms with van der Waals surface area (Å²) in [6.07, 6.45) is 1.37. The smallest absolute Gasteiger partial charge is 0.220 e. The van der Waals surface area contributed by atoms with E-state index in [2.05, 4.69) is 24.1 Å². The molecule has 0 spiro atoms. The molecule has 2 rings (SSSR count). The number of amides is 1. The Hall–Kier alpha value is -1.46. The second-order valence-electron chi connectivity index (χ2n) is 6.89. The van der Waals surface area contributed by atoms with Crippen molar-refractivity contribution in [1.82, 2.24) is 10.2 Å². The Labute approximate surface area is 144 Å². The van der Waals surface area contributed by atoms with E-state index in [0.717, 1.165) is 44.8 Å². The van der Waals surface area contributed by atoms with Gasteiger partial charge in [-0.15, -0.1) is 0 Å². The Morgan fingerprint density at radius 3 is 2.54 bits per heavy atom. The summed E-state index contributed by atoms with van der Waals surface area (Å²) in [4.78, 5) is 14.6. The first-order valence-corrected chi connectivity index (χ1v) is 8.87. The number of hydrogen-bond donors (Lipinski definition) is 1. The number of nitrogens with one attached hydrogen (secondary N) is 1. The minimum Gasteiger partial charge on any atom is -0.379 e. The molecule has 1 aromatic rings. The van der Waals surface area contributed by atoms with Crippen LogP contribution in [0.3, 0.4) is 0 Å². The summed E-state index contributed by atoms with van der Waals surface area (Å²) in [5.41, 5.74) is 1.04. The summed E-state index contributed by atoms with van der Waals surface area (Å²) >= 11 is 0. The van der Waals surface area contributed by atoms with Gasteiger partial charge in [-0.25, -0.2) is 4.39 Å². The van der Waals surface area contributed by atoms with Crippen LogP contribution in [0.2, 0.25) is 0 Å². The van der Waals surface area contributed by atoms with Crippen molar-refractivity contribution in [2.45, 2.75) is 32.6 Å². The van der Waals surface area contributed by atoms with Crippen molar-refractivity contribution in [3.8, 4) is 0 Å². The minimum absolute atomic E-state index is 0.0678. The lowest BCUT2D eigenvalue weighted by molar-refractivity contribution is -0.121. The Morgan fingerprint density at radius 2 is 1.92 bits per heavy atom. The van der Waals surface area contributed by atoms with Gasteiger partial charge in [0, 0.05) is 32.6 Å². The lowest BCUT2D eigenvalue weighted by atomic mass is 9.87. The maximum atomic E-state index is 13.1. The van der Waals surface area contributed by atoms with Gasteiger partial charge in [-0.1, -0.05) is 26.0 Å². The highest BCUT2D eigenvalue weighted by Gasteiger charge is 2.18. The fourth-order valence-electron chi connectivity index (χ4n) is 3.12. The predicted octanol–water partition coefficient (Wildman–Crippen LogP) is 2.79. The van der Waals surface area contributed by atoms with Crippen molar-refractivity contribution in [2.75, 3.05) is 39.4 Å². The van der Waals surface area contributed by atoms with E-state index >= 15 is 0 Å². The van der Waals surface area contributed by atoms with Crippen LogP contribution in [-0.4, -0.2) is 50.2 Å². The quantitative estimate of drug-likeness (QED) is 0.794. The lowest BCUT2D eigenvalue weighted by Crippen LogP contribution is -2.41. The van der Waals surface area contributed by atoms with Crippen LogP contribution in [0.4, 0.5) is 4.39 Å². The van der Waals surface area contributed by atoms with Crippen molar-refractivity contribution in [3.05, 3.63) is 35.6 Å². The van der Waals surface area contributed by atoms with Crippen LogP contribution < -0.4 is 5.32 Å². The number of halogens is 1. The molecule has 4 nitrogen and oxygen atoms in total. The predicted molar refractivity (Wildman–Crippen MR) is 93.5 cm³/mol. The van der Waals surface area contributed by atoms with Crippen LogP contribution in [0, 0.1) is 11.7 Å². The monoisotopic (exact) mass is 336 g/mol. The van der Waals surface area contributed by atoms with Gasteiger partial charge in [0.2, 0.25) is 5.91 Å². The molecule has 1 aliphatic rings. The van der Waals surface area contributed by atoms with E-state index in [4.69, 9.17) is 4.74 Å². The number of benzene rings is 1. The SMILES string of the molecule is CC(C)CC(CC(=O)NCCN1CCOCC1)c1ccc(F)cc1. The maximum absolute atomic E-state index is 13.1. The molecule has 0 saturated carbocycles. The van der Waals surface area contributed by atoms with Crippen LogP contribution in [0.5, 0.6) is 0 Å². The van der Waals surface area contributed by atoms with Gasteiger partial charge < -0.3 is 10.1 Å². The third kappa shape index (κ3) is 6.57. The van der Waals surface area contributed by atoms with Crippen molar-refractivity contribution >= 4 is 5.91 Å². The molecular formula is C19H29FN2O2. The zero-order valence-corrected chi connectivity index (χ0v) is 14.8. The summed E-state index contributed by atoms with van der Waals surface area (Å²) in [6.45, 7) is 9.23. The Bertz CT molecular complexity index is 499. The molecular weight excluding hydrogens is 307 g/mol. The first kappa shape index (κ1) is 18.9. The molecule has 0 bridgehead atoms. The number of ether oxygens (including phenoxy) is 1. The molecule has 0 aliphatic carbocycles. The molecule has 1 N–H and O–H groups in total. The molecule has 0 radical (unpaired) electrons. The molecule has 1 heterocycles. The van der Waals surface area contributed by atoms with Crippen molar-refractivity contribution < 1.29 is 13.9 Å². The van der Waals surface area contributed by atoms with Gasteiger partial charge in [0.15, 0.2) is 0 Å². The molecule has 1 atom stereocenters. The highest BCUT2D eigenvalue weighted by atomic mass is 19.1. The number of nitrogens with zero attached hydrogens (tertiary/aromatic N) is 1. The maximum Gasteiger partial charge on any atom is 0.220 e. The normalized spacial score (nSPS) is 17.0. The average Bonchev–Trinajstić information content (AvgIpc) is 2.55. The van der Waals surface area contributed by atoms with E-state index in [1.165, 1.54) is 12.1 Å². The molecule has 1 aromatic carbocycles. The second-order valence-corrected chi connectivity index (χ2v) is 6.89. The highest BCUT2D eigenvalue weighted by Crippen LogP contribution is 2.27. The topological polar surface area (TPSA) is 41.6 Å². The molecule has 5 heteroatoms. The highest BCUT2D eigenvalue weighted by molar-refractivity contribution is 5.76. The van der Waals surface area contributed by atoms with Crippen LogP contribution in [0.15, 0.2) is 24.3 Å². The fraction of sp³-hybridized carbons (Fsp3) is 0.632. The van der Waals surface area contributed by atoms with Gasteiger partial charge in [-0.2, -0.15) is 0 Å². The number of morpholine rings is 1.